The largest absolute Gasteiger partial charge is 0.376 e. The summed E-state index contributed by atoms with van der Waals surface area (Å²) in [6, 6.07) is 4.02. The second-order valence-electron chi connectivity index (χ2n) is 5.47. The Hall–Kier alpha value is -1.42. The Labute approximate surface area is 113 Å². The molecule has 3 unspecified atom stereocenters. The number of fused-ring (bicyclic) bond motifs is 2. The predicted octanol–water partition coefficient (Wildman–Crippen LogP) is 2.03. The van der Waals surface area contributed by atoms with E-state index in [4.69, 9.17) is 4.74 Å². The van der Waals surface area contributed by atoms with Gasteiger partial charge in [-0.15, -0.1) is 0 Å². The third kappa shape index (κ3) is 2.14. The van der Waals surface area contributed by atoms with Gasteiger partial charge in [-0.05, 0) is 38.8 Å². The first-order valence-corrected chi connectivity index (χ1v) is 7.06. The molecule has 4 heteroatoms. The predicted molar refractivity (Wildman–Crippen MR) is 71.9 cm³/mol. The molecular weight excluding hydrogens is 240 g/mol. The number of aryl methyl sites for hydroxylation is 1. The molecule has 0 N–H and O–H groups in total. The van der Waals surface area contributed by atoms with Crippen molar-refractivity contribution >= 4 is 5.91 Å². The highest BCUT2D eigenvalue weighted by molar-refractivity contribution is 5.94. The van der Waals surface area contributed by atoms with Crippen LogP contribution in [0.2, 0.25) is 0 Å². The molecule has 1 aromatic rings. The highest BCUT2D eigenvalue weighted by Crippen LogP contribution is 2.40. The summed E-state index contributed by atoms with van der Waals surface area (Å²) in [7, 11) is 0. The molecule has 4 nitrogen and oxygen atoms in total. The first-order valence-electron chi connectivity index (χ1n) is 7.06. The number of hydrogen-bond acceptors (Lipinski definition) is 3. The fraction of sp³-hybridized carbons (Fsp3) is 0.600. The summed E-state index contributed by atoms with van der Waals surface area (Å²) in [6.45, 7) is 5.51. The molecule has 1 aromatic heterocycles. The Morgan fingerprint density at radius 1 is 1.47 bits per heavy atom. The molecule has 1 saturated carbocycles. The van der Waals surface area contributed by atoms with Crippen LogP contribution >= 0.6 is 0 Å². The van der Waals surface area contributed by atoms with Gasteiger partial charge in [-0.2, -0.15) is 0 Å². The van der Waals surface area contributed by atoms with Crippen molar-refractivity contribution in [2.45, 2.75) is 38.8 Å². The molecular formula is C15H20N2O2. The number of nitrogens with zero attached hydrogens (tertiary/aromatic N) is 2. The maximum Gasteiger partial charge on any atom is 0.255 e. The van der Waals surface area contributed by atoms with E-state index in [1.54, 1.807) is 6.20 Å². The Morgan fingerprint density at radius 2 is 2.32 bits per heavy atom. The SMILES string of the molecule is CCOC1C2CCC1N(C(=O)c1ccc(C)nc1)C2. The van der Waals surface area contributed by atoms with Crippen molar-refractivity contribution in [1.29, 1.82) is 0 Å². The Balaban J connectivity index is 1.77. The van der Waals surface area contributed by atoms with Gasteiger partial charge in [-0.3, -0.25) is 9.78 Å². The summed E-state index contributed by atoms with van der Waals surface area (Å²) in [5.41, 5.74) is 1.63. The molecule has 1 aliphatic carbocycles. The van der Waals surface area contributed by atoms with Gasteiger partial charge in [0.1, 0.15) is 0 Å². The van der Waals surface area contributed by atoms with Gasteiger partial charge in [0.25, 0.3) is 5.91 Å². The Bertz CT molecular complexity index is 472. The quantitative estimate of drug-likeness (QED) is 0.835. The normalized spacial score (nSPS) is 28.9. The van der Waals surface area contributed by atoms with Gasteiger partial charge in [0.15, 0.2) is 0 Å². The molecule has 2 aliphatic rings. The van der Waals surface area contributed by atoms with Crippen molar-refractivity contribution in [2.24, 2.45) is 5.92 Å². The molecule has 2 bridgehead atoms. The van der Waals surface area contributed by atoms with E-state index >= 15 is 0 Å². The third-order valence-corrected chi connectivity index (χ3v) is 4.29. The average Bonchev–Trinajstić information content (AvgIpc) is 2.96. The van der Waals surface area contributed by atoms with E-state index in [0.29, 0.717) is 11.5 Å². The number of piperidine rings is 1. The molecule has 3 rings (SSSR count). The molecule has 2 heterocycles. The van der Waals surface area contributed by atoms with Crippen LogP contribution in [0.15, 0.2) is 18.3 Å². The number of amides is 1. The lowest BCUT2D eigenvalue weighted by Crippen LogP contribution is -2.40. The number of likely N-dealkylation sites (tertiary alicyclic amines) is 1. The Kier molecular flexibility index (Phi) is 3.27. The van der Waals surface area contributed by atoms with Crippen molar-refractivity contribution < 1.29 is 9.53 Å². The topological polar surface area (TPSA) is 42.4 Å². The van der Waals surface area contributed by atoms with Crippen molar-refractivity contribution in [3.05, 3.63) is 29.6 Å². The summed E-state index contributed by atoms with van der Waals surface area (Å²) in [5, 5.41) is 0. The molecule has 19 heavy (non-hydrogen) atoms. The molecule has 0 spiro atoms. The Morgan fingerprint density at radius 3 is 3.00 bits per heavy atom. The number of aromatic nitrogens is 1. The number of hydrogen-bond donors (Lipinski definition) is 0. The van der Waals surface area contributed by atoms with Gasteiger partial charge >= 0.3 is 0 Å². The molecule has 3 atom stereocenters. The minimum Gasteiger partial charge on any atom is -0.376 e. The molecule has 102 valence electrons. The number of carbonyl (C=O) groups is 1. The van der Waals surface area contributed by atoms with Gasteiger partial charge in [0.05, 0.1) is 17.7 Å². The van der Waals surface area contributed by atoms with Crippen LogP contribution in [0.4, 0.5) is 0 Å². The van der Waals surface area contributed by atoms with Crippen LogP contribution in [0, 0.1) is 12.8 Å². The minimum absolute atomic E-state index is 0.101. The minimum atomic E-state index is 0.101. The van der Waals surface area contributed by atoms with Gasteiger partial charge in [-0.1, -0.05) is 0 Å². The first kappa shape index (κ1) is 12.6. The molecule has 1 amide bonds. The lowest BCUT2D eigenvalue weighted by Gasteiger charge is -2.27. The van der Waals surface area contributed by atoms with E-state index in [0.717, 1.165) is 25.3 Å². The molecule has 0 radical (unpaired) electrons. The zero-order chi connectivity index (χ0) is 13.4. The van der Waals surface area contributed by atoms with Crippen LogP contribution in [0.25, 0.3) is 0 Å². The standard InChI is InChI=1S/C15H20N2O2/c1-3-19-14-12-6-7-13(14)17(9-12)15(18)11-5-4-10(2)16-8-11/h4-5,8,12-14H,3,6-7,9H2,1-2H3. The average molecular weight is 260 g/mol. The molecule has 0 aromatic carbocycles. The number of rotatable bonds is 3. The second kappa shape index (κ2) is 4.93. The van der Waals surface area contributed by atoms with Crippen LogP contribution in [-0.4, -0.2) is 41.1 Å². The van der Waals surface area contributed by atoms with E-state index in [1.165, 1.54) is 6.42 Å². The lowest BCUT2D eigenvalue weighted by molar-refractivity contribution is 0.0333. The summed E-state index contributed by atoms with van der Waals surface area (Å²) >= 11 is 0. The van der Waals surface area contributed by atoms with E-state index < -0.39 is 0 Å². The summed E-state index contributed by atoms with van der Waals surface area (Å²) in [6.07, 6.45) is 4.18. The van der Waals surface area contributed by atoms with Crippen LogP contribution in [0.1, 0.15) is 35.8 Å². The fourth-order valence-electron chi connectivity index (χ4n) is 3.38. The monoisotopic (exact) mass is 260 g/mol. The highest BCUT2D eigenvalue weighted by Gasteiger charge is 2.49. The maximum absolute atomic E-state index is 12.5. The van der Waals surface area contributed by atoms with Crippen molar-refractivity contribution in [3.63, 3.8) is 0 Å². The maximum atomic E-state index is 12.5. The van der Waals surface area contributed by atoms with Gasteiger partial charge in [0, 0.05) is 31.0 Å². The zero-order valence-corrected chi connectivity index (χ0v) is 11.5. The molecule has 1 saturated heterocycles. The zero-order valence-electron chi connectivity index (χ0n) is 11.5. The third-order valence-electron chi connectivity index (χ3n) is 4.29. The van der Waals surface area contributed by atoms with Gasteiger partial charge in [-0.25, -0.2) is 0 Å². The van der Waals surface area contributed by atoms with Crippen LogP contribution in [0.3, 0.4) is 0 Å². The summed E-state index contributed by atoms with van der Waals surface area (Å²) in [5.74, 6) is 0.622. The van der Waals surface area contributed by atoms with Gasteiger partial charge < -0.3 is 9.64 Å². The van der Waals surface area contributed by atoms with Crippen molar-refractivity contribution in [3.8, 4) is 0 Å². The van der Waals surface area contributed by atoms with E-state index in [-0.39, 0.29) is 18.1 Å². The van der Waals surface area contributed by atoms with E-state index in [9.17, 15) is 4.79 Å². The second-order valence-corrected chi connectivity index (χ2v) is 5.47. The molecule has 1 aliphatic heterocycles. The smallest absolute Gasteiger partial charge is 0.255 e. The number of ether oxygens (including phenoxy) is 1. The van der Waals surface area contributed by atoms with Crippen LogP contribution < -0.4 is 0 Å². The van der Waals surface area contributed by atoms with Crippen molar-refractivity contribution in [1.82, 2.24) is 9.88 Å². The summed E-state index contributed by atoms with van der Waals surface area (Å²) < 4.78 is 5.82. The highest BCUT2D eigenvalue weighted by atomic mass is 16.5. The summed E-state index contributed by atoms with van der Waals surface area (Å²) in [4.78, 5) is 18.7. The lowest BCUT2D eigenvalue weighted by atomic mass is 10.1. The van der Waals surface area contributed by atoms with E-state index in [1.807, 2.05) is 30.9 Å². The first-order chi connectivity index (χ1) is 9.20. The van der Waals surface area contributed by atoms with E-state index in [2.05, 4.69) is 4.98 Å². The fourth-order valence-corrected chi connectivity index (χ4v) is 3.38. The van der Waals surface area contributed by atoms with Crippen molar-refractivity contribution in [2.75, 3.05) is 13.2 Å². The molecule has 2 fully saturated rings. The van der Waals surface area contributed by atoms with Gasteiger partial charge in [0.2, 0.25) is 0 Å². The number of pyridine rings is 1. The number of carbonyl (C=O) groups excluding carboxylic acids is 1. The van der Waals surface area contributed by atoms with Crippen LogP contribution in [-0.2, 0) is 4.74 Å². The van der Waals surface area contributed by atoms with Crippen LogP contribution in [0.5, 0.6) is 0 Å².